The van der Waals surface area contributed by atoms with Gasteiger partial charge in [0.15, 0.2) is 0 Å². The SMILES string of the molecule is O=C(N[C@H]1C[C@@H](O)[C@@H]1n1cccn1)c1cc(C2CC2)[nH]n1. The van der Waals surface area contributed by atoms with Crippen LogP contribution in [0.1, 0.15) is 47.4 Å². The molecular weight excluding hydrogens is 270 g/mol. The lowest BCUT2D eigenvalue weighted by Crippen LogP contribution is -2.56. The molecule has 0 aromatic carbocycles. The summed E-state index contributed by atoms with van der Waals surface area (Å²) in [5.74, 6) is 0.341. The number of nitrogens with one attached hydrogen (secondary N) is 2. The summed E-state index contributed by atoms with van der Waals surface area (Å²) in [6, 6.07) is 3.31. The molecule has 3 atom stereocenters. The van der Waals surface area contributed by atoms with Gasteiger partial charge in [-0.15, -0.1) is 0 Å². The molecule has 7 heteroatoms. The van der Waals surface area contributed by atoms with Crippen LogP contribution in [0.15, 0.2) is 24.5 Å². The third-order valence-corrected chi connectivity index (χ3v) is 4.30. The molecule has 0 bridgehead atoms. The van der Waals surface area contributed by atoms with Gasteiger partial charge in [0.2, 0.25) is 0 Å². The van der Waals surface area contributed by atoms with Crippen molar-refractivity contribution in [2.24, 2.45) is 0 Å². The lowest BCUT2D eigenvalue weighted by molar-refractivity contribution is -0.00595. The van der Waals surface area contributed by atoms with Gasteiger partial charge in [-0.05, 0) is 31.4 Å². The number of amides is 1. The van der Waals surface area contributed by atoms with Crippen molar-refractivity contribution in [2.45, 2.75) is 43.4 Å². The van der Waals surface area contributed by atoms with Crippen LogP contribution in [0.5, 0.6) is 0 Å². The molecule has 2 aromatic heterocycles. The van der Waals surface area contributed by atoms with Gasteiger partial charge in [-0.2, -0.15) is 10.2 Å². The number of aliphatic hydroxyl groups excluding tert-OH is 1. The van der Waals surface area contributed by atoms with E-state index in [1.807, 2.05) is 6.07 Å². The topological polar surface area (TPSA) is 95.8 Å². The summed E-state index contributed by atoms with van der Waals surface area (Å²) in [7, 11) is 0. The Bertz CT molecular complexity index is 646. The molecule has 3 N–H and O–H groups in total. The van der Waals surface area contributed by atoms with E-state index in [0.717, 1.165) is 5.69 Å². The molecular formula is C14H17N5O2. The fraction of sp³-hybridized carbons (Fsp3) is 0.500. The molecule has 2 heterocycles. The summed E-state index contributed by atoms with van der Waals surface area (Å²) < 4.78 is 1.69. The summed E-state index contributed by atoms with van der Waals surface area (Å²) in [6.45, 7) is 0. The highest BCUT2D eigenvalue weighted by Gasteiger charge is 2.43. The van der Waals surface area contributed by atoms with Gasteiger partial charge in [0.05, 0.1) is 18.2 Å². The van der Waals surface area contributed by atoms with Crippen LogP contribution in [-0.4, -0.2) is 43.1 Å². The molecule has 2 fully saturated rings. The summed E-state index contributed by atoms with van der Waals surface area (Å²) in [4.78, 5) is 12.2. The maximum atomic E-state index is 12.2. The number of nitrogens with zero attached hydrogens (tertiary/aromatic N) is 3. The zero-order valence-corrected chi connectivity index (χ0v) is 11.4. The average Bonchev–Trinajstić information content (AvgIpc) is 2.98. The molecule has 2 saturated carbocycles. The molecule has 2 aromatic rings. The molecule has 0 spiro atoms. The summed E-state index contributed by atoms with van der Waals surface area (Å²) >= 11 is 0. The molecule has 21 heavy (non-hydrogen) atoms. The Hall–Kier alpha value is -2.15. The zero-order valence-electron chi connectivity index (χ0n) is 11.4. The van der Waals surface area contributed by atoms with Gasteiger partial charge >= 0.3 is 0 Å². The number of hydrogen-bond donors (Lipinski definition) is 3. The van der Waals surface area contributed by atoms with Gasteiger partial charge in [-0.25, -0.2) is 0 Å². The van der Waals surface area contributed by atoms with E-state index >= 15 is 0 Å². The first-order valence-corrected chi connectivity index (χ1v) is 7.26. The number of aliphatic hydroxyl groups is 1. The quantitative estimate of drug-likeness (QED) is 0.766. The number of H-pyrrole nitrogens is 1. The van der Waals surface area contributed by atoms with Crippen LogP contribution < -0.4 is 5.32 Å². The largest absolute Gasteiger partial charge is 0.391 e. The number of carbonyl (C=O) groups excluding carboxylic acids is 1. The molecule has 110 valence electrons. The van der Waals surface area contributed by atoms with Crippen molar-refractivity contribution in [1.29, 1.82) is 0 Å². The van der Waals surface area contributed by atoms with E-state index in [9.17, 15) is 9.90 Å². The Morgan fingerprint density at radius 3 is 3.00 bits per heavy atom. The van der Waals surface area contributed by atoms with Crippen molar-refractivity contribution >= 4 is 5.91 Å². The minimum Gasteiger partial charge on any atom is -0.391 e. The summed E-state index contributed by atoms with van der Waals surface area (Å²) in [5.41, 5.74) is 1.45. The Labute approximate surface area is 121 Å². The fourth-order valence-corrected chi connectivity index (χ4v) is 2.87. The van der Waals surface area contributed by atoms with Gasteiger partial charge < -0.3 is 10.4 Å². The lowest BCUT2D eigenvalue weighted by atomic mass is 9.83. The van der Waals surface area contributed by atoms with Crippen molar-refractivity contribution in [3.63, 3.8) is 0 Å². The standard InChI is InChI=1S/C14H17N5O2/c20-12-7-10(13(12)19-5-1-4-15-19)16-14(21)11-6-9(17-18-11)8-2-3-8/h1,4-6,8,10,12-13,20H,2-3,7H2,(H,16,21)(H,17,18)/t10-,12+,13+/m0/s1. The first-order chi connectivity index (χ1) is 10.2. The molecule has 2 aliphatic carbocycles. The molecule has 1 amide bonds. The molecule has 0 aliphatic heterocycles. The minimum absolute atomic E-state index is 0.117. The van der Waals surface area contributed by atoms with Crippen LogP contribution in [0.25, 0.3) is 0 Å². The Balaban J connectivity index is 1.44. The minimum atomic E-state index is -0.476. The Morgan fingerprint density at radius 1 is 1.48 bits per heavy atom. The van der Waals surface area contributed by atoms with Crippen LogP contribution in [0.3, 0.4) is 0 Å². The second-order valence-electron chi connectivity index (χ2n) is 5.84. The second-order valence-corrected chi connectivity index (χ2v) is 5.84. The van der Waals surface area contributed by atoms with Gasteiger partial charge in [0, 0.05) is 24.0 Å². The van der Waals surface area contributed by atoms with E-state index < -0.39 is 6.10 Å². The molecule has 2 aliphatic rings. The Morgan fingerprint density at radius 2 is 2.33 bits per heavy atom. The average molecular weight is 287 g/mol. The molecule has 7 nitrogen and oxygen atoms in total. The number of carbonyl (C=O) groups is 1. The second kappa shape index (κ2) is 4.70. The lowest BCUT2D eigenvalue weighted by Gasteiger charge is -2.41. The third kappa shape index (κ3) is 2.23. The molecule has 0 radical (unpaired) electrons. The van der Waals surface area contributed by atoms with Crippen LogP contribution in [0, 0.1) is 0 Å². The fourth-order valence-electron chi connectivity index (χ4n) is 2.87. The van der Waals surface area contributed by atoms with Crippen LogP contribution in [-0.2, 0) is 0 Å². The van der Waals surface area contributed by atoms with Gasteiger partial charge in [0.1, 0.15) is 5.69 Å². The monoisotopic (exact) mass is 287 g/mol. The van der Waals surface area contributed by atoms with Crippen molar-refractivity contribution in [2.75, 3.05) is 0 Å². The number of hydrogen-bond acceptors (Lipinski definition) is 4. The van der Waals surface area contributed by atoms with E-state index in [1.54, 1.807) is 23.1 Å². The van der Waals surface area contributed by atoms with E-state index in [4.69, 9.17) is 0 Å². The van der Waals surface area contributed by atoms with Gasteiger partial charge in [-0.1, -0.05) is 0 Å². The van der Waals surface area contributed by atoms with Gasteiger partial charge in [0.25, 0.3) is 5.91 Å². The highest BCUT2D eigenvalue weighted by Crippen LogP contribution is 2.39. The maximum Gasteiger partial charge on any atom is 0.272 e. The molecule has 0 saturated heterocycles. The van der Waals surface area contributed by atoms with Crippen molar-refractivity contribution < 1.29 is 9.90 Å². The number of aromatic nitrogens is 4. The normalized spacial score (nSPS) is 28.1. The van der Waals surface area contributed by atoms with Crippen molar-refractivity contribution in [1.82, 2.24) is 25.3 Å². The Kier molecular flexibility index (Phi) is 2.81. The van der Waals surface area contributed by atoms with Crippen molar-refractivity contribution in [3.05, 3.63) is 35.9 Å². The first-order valence-electron chi connectivity index (χ1n) is 7.26. The maximum absolute atomic E-state index is 12.2. The van der Waals surface area contributed by atoms with E-state index in [1.165, 1.54) is 12.8 Å². The predicted molar refractivity (Wildman–Crippen MR) is 73.7 cm³/mol. The van der Waals surface area contributed by atoms with E-state index in [-0.39, 0.29) is 18.0 Å². The number of aromatic amines is 1. The highest BCUT2D eigenvalue weighted by molar-refractivity contribution is 5.92. The van der Waals surface area contributed by atoms with Gasteiger partial charge in [-0.3, -0.25) is 14.6 Å². The first kappa shape index (κ1) is 12.6. The molecule has 4 rings (SSSR count). The number of rotatable bonds is 4. The smallest absolute Gasteiger partial charge is 0.272 e. The van der Waals surface area contributed by atoms with Crippen LogP contribution >= 0.6 is 0 Å². The predicted octanol–water partition coefficient (Wildman–Crippen LogP) is 0.588. The molecule has 0 unspecified atom stereocenters. The van der Waals surface area contributed by atoms with E-state index in [0.29, 0.717) is 18.0 Å². The summed E-state index contributed by atoms with van der Waals surface area (Å²) in [6.07, 6.45) is 5.86. The summed E-state index contributed by atoms with van der Waals surface area (Å²) in [5, 5.41) is 24.0. The highest BCUT2D eigenvalue weighted by atomic mass is 16.3. The van der Waals surface area contributed by atoms with Crippen LogP contribution in [0.4, 0.5) is 0 Å². The van der Waals surface area contributed by atoms with Crippen molar-refractivity contribution in [3.8, 4) is 0 Å². The van der Waals surface area contributed by atoms with E-state index in [2.05, 4.69) is 20.6 Å². The zero-order chi connectivity index (χ0) is 14.4. The third-order valence-electron chi connectivity index (χ3n) is 4.30. The van der Waals surface area contributed by atoms with Crippen LogP contribution in [0.2, 0.25) is 0 Å².